The van der Waals surface area contributed by atoms with Crippen LogP contribution in [0.2, 0.25) is 0 Å². The van der Waals surface area contributed by atoms with Gasteiger partial charge in [0.25, 0.3) is 0 Å². The number of rotatable bonds is 3. The highest BCUT2D eigenvalue weighted by Gasteiger charge is 2.17. The topological polar surface area (TPSA) is 70.4 Å². The zero-order chi connectivity index (χ0) is 8.27. The van der Waals surface area contributed by atoms with Crippen LogP contribution in [-0.2, 0) is 9.59 Å². The Kier molecular flexibility index (Phi) is 2.45. The molecule has 1 aliphatic rings. The number of hydrogen-bond donors (Lipinski definition) is 1. The molecule has 0 bridgehead atoms. The van der Waals surface area contributed by atoms with Crippen LogP contribution in [0.1, 0.15) is 0 Å². The van der Waals surface area contributed by atoms with Crippen molar-refractivity contribution in [1.82, 2.24) is 4.90 Å². The molecule has 1 heterocycles. The van der Waals surface area contributed by atoms with E-state index in [4.69, 9.17) is 5.11 Å². The second-order valence-corrected chi connectivity index (χ2v) is 1.97. The molecule has 5 heteroatoms. The number of amides is 1. The predicted octanol–water partition coefficient (Wildman–Crippen LogP) is -1.42. The molecule has 0 saturated carbocycles. The molecule has 5 nitrogen and oxygen atoms in total. The summed E-state index contributed by atoms with van der Waals surface area (Å²) in [5.41, 5.74) is 0. The van der Waals surface area contributed by atoms with Gasteiger partial charge in [0.15, 0.2) is 0 Å². The first-order valence-electron chi connectivity index (χ1n) is 3.07. The first-order chi connectivity index (χ1) is 5.29. The minimum Gasteiger partial charge on any atom is -0.679 e. The van der Waals surface area contributed by atoms with Gasteiger partial charge in [0, 0.05) is 19.4 Å². The summed E-state index contributed by atoms with van der Waals surface area (Å²) in [5, 5.41) is 8.45. The fraction of sp³-hybridized carbons (Fsp3) is 0.333. The van der Waals surface area contributed by atoms with E-state index in [0.717, 1.165) is 0 Å². The molecule has 0 atom stereocenters. The molecule has 11 heavy (non-hydrogen) atoms. The third-order valence-electron chi connectivity index (χ3n) is 1.27. The monoisotopic (exact) mass is 158 g/mol. The number of carbonyl (C=O) groups is 2. The second kappa shape index (κ2) is 3.36. The summed E-state index contributed by atoms with van der Waals surface area (Å²) in [6.07, 6.45) is 0.286. The molecule has 1 rings (SSSR count). The SMILES string of the molecule is O=C[C-]1[OH+][CH-]N(CCO)C1=O. The largest absolute Gasteiger partial charge is 0.679 e. The van der Waals surface area contributed by atoms with Gasteiger partial charge in [-0.25, -0.2) is 0 Å². The van der Waals surface area contributed by atoms with Crippen LogP contribution >= 0.6 is 0 Å². The third-order valence-corrected chi connectivity index (χ3v) is 1.27. The van der Waals surface area contributed by atoms with Gasteiger partial charge in [-0.15, -0.1) is 0 Å². The summed E-state index contributed by atoms with van der Waals surface area (Å²) < 4.78 is 3.52. The number of carbonyl (C=O) groups excluding carboxylic acids is 2. The lowest BCUT2D eigenvalue weighted by Gasteiger charge is -2.19. The first-order valence-corrected chi connectivity index (χ1v) is 3.07. The zero-order valence-corrected chi connectivity index (χ0v) is 5.73. The van der Waals surface area contributed by atoms with Gasteiger partial charge in [-0.2, -0.15) is 0 Å². The Morgan fingerprint density at radius 3 is 3.00 bits per heavy atom. The average Bonchev–Trinajstić information content (AvgIpc) is 2.34. The quantitative estimate of drug-likeness (QED) is 0.311. The van der Waals surface area contributed by atoms with E-state index in [0.29, 0.717) is 6.29 Å². The van der Waals surface area contributed by atoms with Crippen LogP contribution in [0.3, 0.4) is 0 Å². The van der Waals surface area contributed by atoms with Crippen molar-refractivity contribution < 1.29 is 19.4 Å². The van der Waals surface area contributed by atoms with Crippen molar-refractivity contribution in [2.45, 2.75) is 0 Å². The lowest BCUT2D eigenvalue weighted by atomic mass is 10.3. The Bertz CT molecular complexity index is 170. The van der Waals surface area contributed by atoms with Crippen LogP contribution in [0.4, 0.5) is 0 Å². The second-order valence-electron chi connectivity index (χ2n) is 1.97. The lowest BCUT2D eigenvalue weighted by Crippen LogP contribution is -2.27. The van der Waals surface area contributed by atoms with E-state index in [1.165, 1.54) is 11.6 Å². The van der Waals surface area contributed by atoms with E-state index in [9.17, 15) is 9.59 Å². The van der Waals surface area contributed by atoms with E-state index in [-0.39, 0.29) is 19.3 Å². The fourth-order valence-electron chi connectivity index (χ4n) is 0.735. The maximum atomic E-state index is 10.9. The van der Waals surface area contributed by atoms with E-state index in [1.807, 2.05) is 0 Å². The Hall–Kier alpha value is -1.07. The number of aliphatic hydroxyl groups is 3. The van der Waals surface area contributed by atoms with Gasteiger partial charge >= 0.3 is 0 Å². The molecule has 0 unspecified atom stereocenters. The summed E-state index contributed by atoms with van der Waals surface area (Å²) in [6.45, 7) is 1.28. The molecule has 2 N–H and O–H groups in total. The lowest BCUT2D eigenvalue weighted by molar-refractivity contribution is -0.129. The maximum absolute atomic E-state index is 10.9. The van der Waals surface area contributed by atoms with Gasteiger partial charge in [-0.3, -0.25) is 0 Å². The van der Waals surface area contributed by atoms with Gasteiger partial charge in [-0.1, -0.05) is 0 Å². The van der Waals surface area contributed by atoms with E-state index in [2.05, 4.69) is 4.74 Å². The van der Waals surface area contributed by atoms with Crippen LogP contribution in [0, 0.1) is 12.8 Å². The number of β-amino-alcohol motifs (C(OH)–C–C–N with tert-alkyl or cyclic N) is 1. The summed E-state index contributed by atoms with van der Waals surface area (Å²) in [6, 6.07) is 0. The molecule has 1 fully saturated rings. The van der Waals surface area contributed by atoms with Gasteiger partial charge in [0.05, 0.1) is 12.9 Å². The minimum atomic E-state index is -0.450. The van der Waals surface area contributed by atoms with Crippen LogP contribution in [0.25, 0.3) is 0 Å². The van der Waals surface area contributed by atoms with Crippen molar-refractivity contribution in [2.75, 3.05) is 13.2 Å². The van der Waals surface area contributed by atoms with E-state index < -0.39 is 5.91 Å². The molecule has 1 aliphatic heterocycles. The van der Waals surface area contributed by atoms with Crippen molar-refractivity contribution in [2.24, 2.45) is 0 Å². The number of aliphatic hydroxyl groups excluding tert-OH is 1. The number of aldehydes is 1. The van der Waals surface area contributed by atoms with Gasteiger partial charge in [-0.05, 0) is 0 Å². The van der Waals surface area contributed by atoms with E-state index in [1.54, 1.807) is 0 Å². The Labute approximate surface area is 63.5 Å². The van der Waals surface area contributed by atoms with Crippen molar-refractivity contribution in [3.63, 3.8) is 0 Å². The smallest absolute Gasteiger partial charge is 0.142 e. The number of nitrogens with zero attached hydrogens (tertiary/aromatic N) is 1. The van der Waals surface area contributed by atoms with Gasteiger partial charge < -0.3 is 24.3 Å². The standard InChI is InChI=1S/C6H8NO4/c8-2-1-7-4-11-5(3-9)6(7)10/h3-4,8,11H,1-2H2/q-1. The summed E-state index contributed by atoms with van der Waals surface area (Å²) in [5.74, 6) is -0.450. The van der Waals surface area contributed by atoms with E-state index >= 15 is 0 Å². The van der Waals surface area contributed by atoms with Crippen LogP contribution in [-0.4, -0.2) is 40.1 Å². The molecule has 0 aromatic carbocycles. The maximum Gasteiger partial charge on any atom is 0.142 e. The molecule has 0 aliphatic carbocycles. The van der Waals surface area contributed by atoms with Gasteiger partial charge in [0.1, 0.15) is 5.91 Å². The number of ether oxygens (including phenoxy) is 1. The summed E-state index contributed by atoms with van der Waals surface area (Å²) in [4.78, 5) is 22.2. The molecule has 0 aromatic heterocycles. The molecular formula is C6H8NO4-. The zero-order valence-electron chi connectivity index (χ0n) is 5.73. The van der Waals surface area contributed by atoms with Crippen molar-refractivity contribution in [3.8, 4) is 0 Å². The molecular weight excluding hydrogens is 150 g/mol. The highest BCUT2D eigenvalue weighted by atomic mass is 16.5. The minimum absolute atomic E-state index is 0.113. The van der Waals surface area contributed by atoms with Crippen LogP contribution in [0.5, 0.6) is 0 Å². The Morgan fingerprint density at radius 1 is 1.82 bits per heavy atom. The third kappa shape index (κ3) is 1.50. The van der Waals surface area contributed by atoms with Crippen molar-refractivity contribution in [3.05, 3.63) is 12.8 Å². The Balaban J connectivity index is 2.48. The van der Waals surface area contributed by atoms with Crippen molar-refractivity contribution in [1.29, 1.82) is 0 Å². The summed E-state index contributed by atoms with van der Waals surface area (Å²) >= 11 is 0. The van der Waals surface area contributed by atoms with Crippen LogP contribution < -0.4 is 0 Å². The molecule has 0 aromatic rings. The van der Waals surface area contributed by atoms with Gasteiger partial charge in [0.2, 0.25) is 0 Å². The molecule has 62 valence electrons. The average molecular weight is 158 g/mol. The van der Waals surface area contributed by atoms with Crippen LogP contribution in [0.15, 0.2) is 0 Å². The molecule has 1 saturated heterocycles. The summed E-state index contributed by atoms with van der Waals surface area (Å²) in [7, 11) is 0. The molecule has 0 spiro atoms. The fourth-order valence-corrected chi connectivity index (χ4v) is 0.735. The molecule has 0 radical (unpaired) electrons. The molecule has 1 amide bonds. The first kappa shape index (κ1) is 8.03. The predicted molar refractivity (Wildman–Crippen MR) is 34.3 cm³/mol. The highest BCUT2D eigenvalue weighted by Crippen LogP contribution is 2.13. The normalized spacial score (nSPS) is 17.7. The number of hydrogen-bond acceptors (Lipinski definition) is 3. The van der Waals surface area contributed by atoms with Crippen molar-refractivity contribution >= 4 is 12.2 Å². The highest BCUT2D eigenvalue weighted by molar-refractivity contribution is 6.05. The Morgan fingerprint density at radius 2 is 2.55 bits per heavy atom.